The van der Waals surface area contributed by atoms with Gasteiger partial charge in [0, 0.05) is 25.2 Å². The van der Waals surface area contributed by atoms with E-state index in [0.717, 1.165) is 25.7 Å². The number of morpholine rings is 1. The van der Waals surface area contributed by atoms with Crippen LogP contribution in [0.1, 0.15) is 12.8 Å². The lowest BCUT2D eigenvalue weighted by Crippen LogP contribution is -2.58. The molecule has 0 radical (unpaired) electrons. The number of nitrogens with zero attached hydrogens (tertiary/aromatic N) is 1. The Labute approximate surface area is 98.7 Å². The van der Waals surface area contributed by atoms with Gasteiger partial charge in [0.05, 0.1) is 13.2 Å². The Balaban J connectivity index is 1.91. The van der Waals surface area contributed by atoms with E-state index < -0.39 is 0 Å². The maximum absolute atomic E-state index is 5.57. The van der Waals surface area contributed by atoms with Crippen LogP contribution in [0, 0.1) is 5.92 Å². The normalized spacial score (nSPS) is 34.9. The van der Waals surface area contributed by atoms with Gasteiger partial charge in [0.15, 0.2) is 0 Å². The minimum atomic E-state index is 0.482. The summed E-state index contributed by atoms with van der Waals surface area (Å²) in [6.07, 6.45) is 2.67. The molecule has 2 saturated heterocycles. The van der Waals surface area contributed by atoms with E-state index in [0.29, 0.717) is 12.1 Å². The molecule has 2 aliphatic rings. The Hall–Kier alpha value is -0.160. The first-order valence-corrected chi connectivity index (χ1v) is 6.48. The molecule has 2 heterocycles. The molecule has 0 saturated carbocycles. The summed E-state index contributed by atoms with van der Waals surface area (Å²) in [6, 6.07) is 1.03. The molecule has 3 atom stereocenters. The molecule has 2 rings (SSSR count). The highest BCUT2D eigenvalue weighted by atomic mass is 16.5. The fourth-order valence-electron chi connectivity index (χ4n) is 3.08. The average molecular weight is 227 g/mol. The first-order valence-electron chi connectivity index (χ1n) is 6.48. The molecule has 0 aliphatic carbocycles. The van der Waals surface area contributed by atoms with Crippen molar-refractivity contribution < 1.29 is 4.74 Å². The zero-order valence-electron chi connectivity index (χ0n) is 10.5. The molecular formula is C12H25N3O. The van der Waals surface area contributed by atoms with Gasteiger partial charge in [0.1, 0.15) is 0 Å². The van der Waals surface area contributed by atoms with E-state index in [2.05, 4.69) is 29.6 Å². The van der Waals surface area contributed by atoms with Gasteiger partial charge in [-0.25, -0.2) is 0 Å². The Morgan fingerprint density at radius 3 is 3.00 bits per heavy atom. The second-order valence-corrected chi connectivity index (χ2v) is 5.11. The van der Waals surface area contributed by atoms with Crippen molar-refractivity contribution >= 4 is 0 Å². The van der Waals surface area contributed by atoms with Crippen molar-refractivity contribution in [2.24, 2.45) is 5.92 Å². The fraction of sp³-hybridized carbons (Fsp3) is 1.00. The lowest BCUT2D eigenvalue weighted by molar-refractivity contribution is 0.0460. The number of likely N-dealkylation sites (tertiary alicyclic amines) is 1. The number of piperidine rings is 1. The third kappa shape index (κ3) is 2.94. The second kappa shape index (κ2) is 5.96. The van der Waals surface area contributed by atoms with Gasteiger partial charge in [0.25, 0.3) is 0 Å². The zero-order valence-corrected chi connectivity index (χ0v) is 10.5. The van der Waals surface area contributed by atoms with Crippen LogP contribution < -0.4 is 10.6 Å². The molecule has 2 N–H and O–H groups in total. The summed E-state index contributed by atoms with van der Waals surface area (Å²) < 4.78 is 5.57. The largest absolute Gasteiger partial charge is 0.378 e. The second-order valence-electron chi connectivity index (χ2n) is 5.11. The van der Waals surface area contributed by atoms with Crippen LogP contribution in [0.25, 0.3) is 0 Å². The van der Waals surface area contributed by atoms with Gasteiger partial charge in [-0.3, -0.25) is 0 Å². The molecule has 4 heteroatoms. The highest BCUT2D eigenvalue weighted by Crippen LogP contribution is 2.21. The predicted octanol–water partition coefficient (Wildman–Crippen LogP) is -0.0954. The van der Waals surface area contributed by atoms with Gasteiger partial charge >= 0.3 is 0 Å². The van der Waals surface area contributed by atoms with Crippen LogP contribution in [-0.2, 0) is 4.74 Å². The summed E-state index contributed by atoms with van der Waals surface area (Å²) in [5, 5.41) is 7.07. The molecule has 2 fully saturated rings. The van der Waals surface area contributed by atoms with Crippen LogP contribution in [0.4, 0.5) is 0 Å². The molecule has 0 bridgehead atoms. The van der Waals surface area contributed by atoms with E-state index in [1.54, 1.807) is 0 Å². The van der Waals surface area contributed by atoms with Gasteiger partial charge in [0.2, 0.25) is 0 Å². The number of hydrogen-bond acceptors (Lipinski definition) is 4. The highest BCUT2D eigenvalue weighted by molar-refractivity contribution is 4.91. The summed E-state index contributed by atoms with van der Waals surface area (Å²) in [6.45, 7) is 5.17. The number of likely N-dealkylation sites (N-methyl/N-ethyl adjacent to an activating group) is 1. The number of nitrogens with one attached hydrogen (secondary N) is 2. The van der Waals surface area contributed by atoms with Crippen LogP contribution in [0.5, 0.6) is 0 Å². The van der Waals surface area contributed by atoms with Crippen molar-refractivity contribution in [2.45, 2.75) is 24.9 Å². The zero-order chi connectivity index (χ0) is 11.4. The summed E-state index contributed by atoms with van der Waals surface area (Å²) >= 11 is 0. The summed E-state index contributed by atoms with van der Waals surface area (Å²) in [7, 11) is 4.30. The molecule has 0 aromatic rings. The van der Waals surface area contributed by atoms with Gasteiger partial charge < -0.3 is 20.3 Å². The van der Waals surface area contributed by atoms with Gasteiger partial charge in [-0.05, 0) is 39.4 Å². The summed E-state index contributed by atoms with van der Waals surface area (Å²) in [5.41, 5.74) is 0. The predicted molar refractivity (Wildman–Crippen MR) is 65.7 cm³/mol. The summed E-state index contributed by atoms with van der Waals surface area (Å²) in [5.74, 6) is 0.753. The number of rotatable bonds is 3. The fourth-order valence-corrected chi connectivity index (χ4v) is 3.08. The smallest absolute Gasteiger partial charge is 0.0635 e. The van der Waals surface area contributed by atoms with E-state index in [1.807, 2.05) is 0 Å². The Morgan fingerprint density at radius 1 is 1.50 bits per heavy atom. The minimum Gasteiger partial charge on any atom is -0.378 e. The van der Waals surface area contributed by atoms with E-state index in [-0.39, 0.29) is 0 Å². The van der Waals surface area contributed by atoms with Crippen LogP contribution in [0.3, 0.4) is 0 Å². The molecule has 0 spiro atoms. The molecule has 16 heavy (non-hydrogen) atoms. The molecule has 4 nitrogen and oxygen atoms in total. The van der Waals surface area contributed by atoms with E-state index >= 15 is 0 Å². The van der Waals surface area contributed by atoms with Crippen molar-refractivity contribution in [1.82, 2.24) is 15.5 Å². The topological polar surface area (TPSA) is 36.5 Å². The Morgan fingerprint density at radius 2 is 2.38 bits per heavy atom. The van der Waals surface area contributed by atoms with Gasteiger partial charge in [-0.2, -0.15) is 0 Å². The molecule has 94 valence electrons. The van der Waals surface area contributed by atoms with Crippen LogP contribution in [0.2, 0.25) is 0 Å². The average Bonchev–Trinajstić information content (AvgIpc) is 2.31. The highest BCUT2D eigenvalue weighted by Gasteiger charge is 2.31. The maximum Gasteiger partial charge on any atom is 0.0635 e. The van der Waals surface area contributed by atoms with Crippen molar-refractivity contribution in [2.75, 3.05) is 46.9 Å². The molecule has 0 aromatic carbocycles. The lowest BCUT2D eigenvalue weighted by atomic mass is 9.86. The van der Waals surface area contributed by atoms with Crippen molar-refractivity contribution in [3.63, 3.8) is 0 Å². The monoisotopic (exact) mass is 227 g/mol. The number of hydrogen-bond donors (Lipinski definition) is 2. The maximum atomic E-state index is 5.57. The molecule has 0 amide bonds. The SMILES string of the molecule is CNC(C1CCCN(C)C1)C1COCCN1. The molecular weight excluding hydrogens is 202 g/mol. The first-order chi connectivity index (χ1) is 7.81. The Bertz CT molecular complexity index is 206. The molecule has 0 aromatic heterocycles. The van der Waals surface area contributed by atoms with E-state index in [9.17, 15) is 0 Å². The van der Waals surface area contributed by atoms with Crippen LogP contribution >= 0.6 is 0 Å². The van der Waals surface area contributed by atoms with E-state index in [1.165, 1.54) is 25.9 Å². The minimum absolute atomic E-state index is 0.482. The third-order valence-corrected chi connectivity index (χ3v) is 3.89. The lowest BCUT2D eigenvalue weighted by Gasteiger charge is -2.40. The van der Waals surface area contributed by atoms with Crippen LogP contribution in [-0.4, -0.2) is 63.9 Å². The standard InChI is InChI=1S/C12H25N3O/c1-13-12(11-9-16-7-5-14-11)10-4-3-6-15(2)8-10/h10-14H,3-9H2,1-2H3. The molecule has 2 aliphatic heterocycles. The van der Waals surface area contributed by atoms with Crippen molar-refractivity contribution in [3.05, 3.63) is 0 Å². The third-order valence-electron chi connectivity index (χ3n) is 3.89. The van der Waals surface area contributed by atoms with Crippen molar-refractivity contribution in [1.29, 1.82) is 0 Å². The van der Waals surface area contributed by atoms with E-state index in [4.69, 9.17) is 4.74 Å². The van der Waals surface area contributed by atoms with Gasteiger partial charge in [-0.1, -0.05) is 0 Å². The quantitative estimate of drug-likeness (QED) is 0.706. The molecule has 3 unspecified atom stereocenters. The Kier molecular flexibility index (Phi) is 4.58. The number of ether oxygens (including phenoxy) is 1. The van der Waals surface area contributed by atoms with Crippen LogP contribution in [0.15, 0.2) is 0 Å². The first kappa shape index (κ1) is 12.3. The van der Waals surface area contributed by atoms with Gasteiger partial charge in [-0.15, -0.1) is 0 Å². The van der Waals surface area contributed by atoms with Crippen molar-refractivity contribution in [3.8, 4) is 0 Å². The summed E-state index contributed by atoms with van der Waals surface area (Å²) in [4.78, 5) is 2.45.